The first-order valence-corrected chi connectivity index (χ1v) is 17.2. The molecule has 0 unspecified atom stereocenters. The van der Waals surface area contributed by atoms with Crippen LogP contribution in [0.1, 0.15) is 80.1 Å². The Balaban J connectivity index is 6.18. The number of aliphatic hydroxyl groups is 2. The first-order valence-electron chi connectivity index (χ1n) is 17.2. The molecule has 0 radical (unpaired) electrons. The molecule has 0 aromatic rings. The monoisotopic (exact) mass is 746 g/mol. The van der Waals surface area contributed by atoms with Gasteiger partial charge in [-0.25, -0.2) is 4.79 Å². The molecular formula is C32H58N8O12. The van der Waals surface area contributed by atoms with Crippen LogP contribution in [0.25, 0.3) is 0 Å². The maximum absolute atomic E-state index is 13.5. The minimum Gasteiger partial charge on any atom is -0.481 e. The van der Waals surface area contributed by atoms with E-state index in [0.29, 0.717) is 19.3 Å². The van der Waals surface area contributed by atoms with Gasteiger partial charge in [0.05, 0.1) is 18.8 Å². The van der Waals surface area contributed by atoms with Gasteiger partial charge in [-0.3, -0.25) is 33.6 Å². The summed E-state index contributed by atoms with van der Waals surface area (Å²) < 4.78 is 0. The fourth-order valence-corrected chi connectivity index (χ4v) is 4.70. The molecule has 0 bridgehead atoms. The van der Waals surface area contributed by atoms with E-state index < -0.39 is 127 Å². The smallest absolute Gasteiger partial charge is 0.326 e. The molecule has 298 valence electrons. The summed E-state index contributed by atoms with van der Waals surface area (Å²) in [5.41, 5.74) is 11.1. The number of hydrogen-bond acceptors (Lipinski definition) is 12. The zero-order valence-electron chi connectivity index (χ0n) is 30.6. The molecule has 0 rings (SSSR count). The number of rotatable bonds is 25. The van der Waals surface area contributed by atoms with E-state index >= 15 is 0 Å². The first kappa shape index (κ1) is 47.6. The van der Waals surface area contributed by atoms with Crippen LogP contribution in [0.2, 0.25) is 0 Å². The van der Waals surface area contributed by atoms with E-state index in [2.05, 4.69) is 31.9 Å². The van der Waals surface area contributed by atoms with Gasteiger partial charge in [-0.2, -0.15) is 0 Å². The zero-order chi connectivity index (χ0) is 40.3. The second kappa shape index (κ2) is 24.0. The summed E-state index contributed by atoms with van der Waals surface area (Å²) in [4.78, 5) is 102. The number of amides is 6. The Bertz CT molecular complexity index is 1230. The maximum Gasteiger partial charge on any atom is 0.326 e. The molecule has 0 aromatic heterocycles. The lowest BCUT2D eigenvalue weighted by Crippen LogP contribution is -2.62. The summed E-state index contributed by atoms with van der Waals surface area (Å²) in [6.07, 6.45) is -1.31. The Morgan fingerprint density at radius 3 is 1.54 bits per heavy atom. The summed E-state index contributed by atoms with van der Waals surface area (Å²) in [6.45, 7) is 8.33. The summed E-state index contributed by atoms with van der Waals surface area (Å²) >= 11 is 0. The van der Waals surface area contributed by atoms with Crippen molar-refractivity contribution in [3.05, 3.63) is 0 Å². The van der Waals surface area contributed by atoms with E-state index in [-0.39, 0.29) is 13.0 Å². The highest BCUT2D eigenvalue weighted by atomic mass is 16.4. The second-order valence-electron chi connectivity index (χ2n) is 13.0. The van der Waals surface area contributed by atoms with E-state index in [1.165, 1.54) is 13.8 Å². The van der Waals surface area contributed by atoms with Gasteiger partial charge in [0.2, 0.25) is 35.4 Å². The number of nitrogens with two attached hydrogens (primary N) is 2. The predicted molar refractivity (Wildman–Crippen MR) is 186 cm³/mol. The molecule has 6 amide bonds. The topological polar surface area (TPSA) is 342 Å². The van der Waals surface area contributed by atoms with E-state index in [4.69, 9.17) is 11.5 Å². The Morgan fingerprint density at radius 2 is 1.08 bits per heavy atom. The normalized spacial score (nSPS) is 16.4. The number of unbranched alkanes of at least 4 members (excludes halogenated alkanes) is 1. The standard InChI is InChI=1S/C32H58N8O12/c1-7-16(4)24(39-31(50)25(18(6)42)40-26(45)17(5)34)30(49)36-20(11-12-22(43)44)27(46)37-21(14-41)29(48)35-19(10-8-9-13-33)28(47)38-23(15(2)3)32(51)52/h15-21,23-25,41-42H,7-14,33-34H2,1-6H3,(H,35,48)(H,36,49)(H,37,46)(H,38,47)(H,39,50)(H,40,45)(H,43,44)(H,51,52)/t16-,17-,18+,19-,20-,21-,23-,24-,25-/m0/s1. The van der Waals surface area contributed by atoms with Crippen molar-refractivity contribution in [1.82, 2.24) is 31.9 Å². The van der Waals surface area contributed by atoms with E-state index in [1.807, 2.05) is 0 Å². The van der Waals surface area contributed by atoms with Crippen molar-refractivity contribution in [2.45, 2.75) is 128 Å². The molecule has 0 spiro atoms. The van der Waals surface area contributed by atoms with Crippen molar-refractivity contribution in [3.8, 4) is 0 Å². The largest absolute Gasteiger partial charge is 0.481 e. The van der Waals surface area contributed by atoms with Crippen molar-refractivity contribution in [2.75, 3.05) is 13.2 Å². The van der Waals surface area contributed by atoms with Gasteiger partial charge >= 0.3 is 11.9 Å². The van der Waals surface area contributed by atoms with E-state index in [0.717, 1.165) is 0 Å². The fourth-order valence-electron chi connectivity index (χ4n) is 4.70. The molecule has 0 fully saturated rings. The van der Waals surface area contributed by atoms with Gasteiger partial charge in [-0.05, 0) is 57.9 Å². The van der Waals surface area contributed by atoms with E-state index in [1.54, 1.807) is 27.7 Å². The molecule has 0 aliphatic heterocycles. The third-order valence-corrected chi connectivity index (χ3v) is 8.18. The van der Waals surface area contributed by atoms with Gasteiger partial charge in [0.15, 0.2) is 0 Å². The van der Waals surface area contributed by atoms with Crippen molar-refractivity contribution in [3.63, 3.8) is 0 Å². The molecule has 9 atom stereocenters. The van der Waals surface area contributed by atoms with Gasteiger partial charge < -0.3 is 63.8 Å². The molecule has 0 aromatic carbocycles. The molecule has 0 aliphatic carbocycles. The first-order chi connectivity index (χ1) is 24.2. The quantitative estimate of drug-likeness (QED) is 0.0402. The van der Waals surface area contributed by atoms with Gasteiger partial charge in [-0.1, -0.05) is 34.1 Å². The minimum atomic E-state index is -1.70. The lowest BCUT2D eigenvalue weighted by molar-refractivity contribution is -0.143. The number of carbonyl (C=O) groups excluding carboxylic acids is 6. The van der Waals surface area contributed by atoms with Crippen LogP contribution < -0.4 is 43.4 Å². The van der Waals surface area contributed by atoms with Gasteiger partial charge in [0.25, 0.3) is 0 Å². The lowest BCUT2D eigenvalue weighted by Gasteiger charge is -2.29. The van der Waals surface area contributed by atoms with Crippen molar-refractivity contribution >= 4 is 47.4 Å². The van der Waals surface area contributed by atoms with Crippen molar-refractivity contribution in [2.24, 2.45) is 23.3 Å². The van der Waals surface area contributed by atoms with Crippen LogP contribution >= 0.6 is 0 Å². The Morgan fingerprint density at radius 1 is 0.615 bits per heavy atom. The van der Waals surface area contributed by atoms with Crippen molar-refractivity contribution in [1.29, 1.82) is 0 Å². The predicted octanol–water partition coefficient (Wildman–Crippen LogP) is -3.60. The molecule has 0 saturated carbocycles. The lowest BCUT2D eigenvalue weighted by atomic mass is 9.96. The number of aliphatic hydroxyl groups excluding tert-OH is 2. The SMILES string of the molecule is CC[C@H](C)[C@H](NC(=O)[C@@H](NC(=O)[C@H](C)N)[C@@H](C)O)C(=O)N[C@@H](CCC(=O)O)C(=O)N[C@@H](CO)C(=O)N[C@@H](CCCCN)C(=O)N[C@H](C(=O)O)C(C)C. The Kier molecular flexibility index (Phi) is 21.9. The number of carboxylic acid groups (broad SMARTS) is 2. The highest BCUT2D eigenvalue weighted by Crippen LogP contribution is 2.11. The average Bonchev–Trinajstić information content (AvgIpc) is 3.06. The molecule has 14 N–H and O–H groups in total. The van der Waals surface area contributed by atoms with Crippen LogP contribution in [0.4, 0.5) is 0 Å². The molecule has 0 saturated heterocycles. The van der Waals surface area contributed by atoms with Crippen LogP contribution in [0.15, 0.2) is 0 Å². The number of carbonyl (C=O) groups is 8. The Labute approximate surface area is 303 Å². The number of aliphatic carboxylic acids is 2. The Hall–Kier alpha value is -4.40. The molecule has 20 heteroatoms. The highest BCUT2D eigenvalue weighted by Gasteiger charge is 2.36. The molecule has 52 heavy (non-hydrogen) atoms. The summed E-state index contributed by atoms with van der Waals surface area (Å²) in [5.74, 6) is -9.28. The van der Waals surface area contributed by atoms with Crippen LogP contribution in [-0.2, 0) is 38.4 Å². The van der Waals surface area contributed by atoms with Gasteiger partial charge in [-0.15, -0.1) is 0 Å². The van der Waals surface area contributed by atoms with E-state index in [9.17, 15) is 58.8 Å². The fraction of sp³-hybridized carbons (Fsp3) is 0.750. The highest BCUT2D eigenvalue weighted by molar-refractivity contribution is 5.97. The summed E-state index contributed by atoms with van der Waals surface area (Å²) in [6, 6.07) is -9.74. The van der Waals surface area contributed by atoms with Crippen LogP contribution in [0.3, 0.4) is 0 Å². The number of nitrogens with one attached hydrogen (secondary N) is 6. The third-order valence-electron chi connectivity index (χ3n) is 8.18. The summed E-state index contributed by atoms with van der Waals surface area (Å²) in [7, 11) is 0. The van der Waals surface area contributed by atoms with Gasteiger partial charge in [0.1, 0.15) is 36.3 Å². The average molecular weight is 747 g/mol. The maximum atomic E-state index is 13.5. The van der Waals surface area contributed by atoms with Gasteiger partial charge in [0, 0.05) is 6.42 Å². The minimum absolute atomic E-state index is 0.0379. The van der Waals surface area contributed by atoms with Crippen LogP contribution in [0, 0.1) is 11.8 Å². The number of carboxylic acids is 2. The molecule has 0 heterocycles. The molecule has 20 nitrogen and oxygen atoms in total. The molecular weight excluding hydrogens is 688 g/mol. The zero-order valence-corrected chi connectivity index (χ0v) is 30.6. The van der Waals surface area contributed by atoms with Crippen LogP contribution in [0.5, 0.6) is 0 Å². The van der Waals surface area contributed by atoms with Crippen LogP contribution in [-0.4, -0.2) is 129 Å². The second-order valence-corrected chi connectivity index (χ2v) is 13.0. The molecule has 0 aliphatic rings. The van der Waals surface area contributed by atoms with Crippen molar-refractivity contribution < 1.29 is 58.8 Å². The number of hydrogen-bond donors (Lipinski definition) is 12. The third kappa shape index (κ3) is 16.7. The summed E-state index contributed by atoms with van der Waals surface area (Å²) in [5, 5.41) is 53.1.